The van der Waals surface area contributed by atoms with E-state index in [2.05, 4.69) is 4.74 Å². The Hall–Kier alpha value is -1.75. The summed E-state index contributed by atoms with van der Waals surface area (Å²) in [5, 5.41) is 8.76. The summed E-state index contributed by atoms with van der Waals surface area (Å²) in [5.41, 5.74) is -5.86. The largest absolute Gasteiger partial charge is 0.465 e. The van der Waals surface area contributed by atoms with Crippen LogP contribution < -0.4 is 0 Å². The lowest BCUT2D eigenvalue weighted by Gasteiger charge is -2.10. The van der Waals surface area contributed by atoms with Crippen LogP contribution in [-0.2, 0) is 4.74 Å². The van der Waals surface area contributed by atoms with Gasteiger partial charge < -0.3 is 4.74 Å². The van der Waals surface area contributed by atoms with E-state index in [4.69, 9.17) is 5.26 Å². The van der Waals surface area contributed by atoms with E-state index in [1.807, 2.05) is 0 Å². The van der Waals surface area contributed by atoms with E-state index in [0.717, 1.165) is 13.2 Å². The van der Waals surface area contributed by atoms with Crippen molar-refractivity contribution in [3.63, 3.8) is 0 Å². The molecule has 0 spiro atoms. The number of ether oxygens (including phenoxy) is 1. The summed E-state index contributed by atoms with van der Waals surface area (Å²) in [5.74, 6) is -2.22. The highest BCUT2D eigenvalue weighted by molar-refractivity contribution is 8.00. The van der Waals surface area contributed by atoms with Crippen molar-refractivity contribution in [2.75, 3.05) is 7.11 Å². The quantitative estimate of drug-likeness (QED) is 0.474. The number of nitriles is 1. The van der Waals surface area contributed by atoms with Crippen molar-refractivity contribution in [3.8, 4) is 6.07 Å². The van der Waals surface area contributed by atoms with E-state index in [-0.39, 0.29) is 0 Å². The minimum absolute atomic E-state index is 0.409. The number of carbonyl (C=O) groups is 1. The molecule has 0 aliphatic rings. The standard InChI is InChI=1S/C10H5F4NO2S/c1-17-9(16)5-2-3-7(11)8(6(5)4-15)18-10(12,13)14/h2-3H,1H3. The molecule has 0 aliphatic heterocycles. The molecule has 0 saturated carbocycles. The Kier molecular flexibility index (Phi) is 4.19. The predicted octanol–water partition coefficient (Wildman–Crippen LogP) is 3.10. The predicted molar refractivity (Wildman–Crippen MR) is 54.4 cm³/mol. The molecule has 0 radical (unpaired) electrons. The van der Waals surface area contributed by atoms with Crippen molar-refractivity contribution in [3.05, 3.63) is 29.1 Å². The first-order valence-corrected chi connectivity index (χ1v) is 5.18. The number of alkyl halides is 3. The van der Waals surface area contributed by atoms with Crippen LogP contribution in [0.4, 0.5) is 17.6 Å². The van der Waals surface area contributed by atoms with Crippen LogP contribution in [0.1, 0.15) is 15.9 Å². The molecule has 18 heavy (non-hydrogen) atoms. The Morgan fingerprint density at radius 3 is 2.50 bits per heavy atom. The number of rotatable bonds is 2. The van der Waals surface area contributed by atoms with E-state index >= 15 is 0 Å². The van der Waals surface area contributed by atoms with Crippen LogP contribution in [0.5, 0.6) is 0 Å². The number of nitrogens with zero attached hydrogens (tertiary/aromatic N) is 1. The molecule has 3 nitrogen and oxygen atoms in total. The molecule has 0 aliphatic carbocycles. The highest BCUT2D eigenvalue weighted by Gasteiger charge is 2.33. The number of carbonyl (C=O) groups excluding carboxylic acids is 1. The maximum absolute atomic E-state index is 13.3. The van der Waals surface area contributed by atoms with E-state index in [1.165, 1.54) is 6.07 Å². The summed E-state index contributed by atoms with van der Waals surface area (Å²) < 4.78 is 54.3. The Labute approximate surface area is 103 Å². The summed E-state index contributed by atoms with van der Waals surface area (Å²) in [6.07, 6.45) is 0. The monoisotopic (exact) mass is 279 g/mol. The van der Waals surface area contributed by atoms with Gasteiger partial charge in [-0.2, -0.15) is 18.4 Å². The Morgan fingerprint density at radius 2 is 2.06 bits per heavy atom. The zero-order chi connectivity index (χ0) is 13.9. The van der Waals surface area contributed by atoms with Gasteiger partial charge in [0, 0.05) is 0 Å². The highest BCUT2D eigenvalue weighted by Crippen LogP contribution is 2.40. The zero-order valence-corrected chi connectivity index (χ0v) is 9.66. The molecule has 0 amide bonds. The average Bonchev–Trinajstić information content (AvgIpc) is 2.29. The molecule has 0 heterocycles. The average molecular weight is 279 g/mol. The third-order valence-electron chi connectivity index (χ3n) is 1.84. The van der Waals surface area contributed by atoms with E-state index in [0.29, 0.717) is 6.07 Å². The van der Waals surface area contributed by atoms with Crippen molar-refractivity contribution < 1.29 is 27.1 Å². The van der Waals surface area contributed by atoms with Gasteiger partial charge >= 0.3 is 11.5 Å². The maximum Gasteiger partial charge on any atom is 0.446 e. The molecule has 0 bridgehead atoms. The van der Waals surface area contributed by atoms with Crippen LogP contribution >= 0.6 is 11.8 Å². The van der Waals surface area contributed by atoms with Crippen LogP contribution in [0.25, 0.3) is 0 Å². The Balaban J connectivity index is 3.41. The number of halogens is 4. The molecule has 0 N–H and O–H groups in total. The van der Waals surface area contributed by atoms with Gasteiger partial charge in [-0.1, -0.05) is 0 Å². The van der Waals surface area contributed by atoms with Gasteiger partial charge in [-0.25, -0.2) is 9.18 Å². The molecule has 1 rings (SSSR count). The lowest BCUT2D eigenvalue weighted by Crippen LogP contribution is -2.08. The zero-order valence-electron chi connectivity index (χ0n) is 8.84. The van der Waals surface area contributed by atoms with Crippen molar-refractivity contribution in [1.82, 2.24) is 0 Å². The lowest BCUT2D eigenvalue weighted by atomic mass is 10.1. The summed E-state index contributed by atoms with van der Waals surface area (Å²) in [7, 11) is 1.00. The summed E-state index contributed by atoms with van der Waals surface area (Å²) in [6, 6.07) is 2.97. The fourth-order valence-corrected chi connectivity index (χ4v) is 1.82. The second kappa shape index (κ2) is 5.27. The Morgan fingerprint density at radius 1 is 1.44 bits per heavy atom. The van der Waals surface area contributed by atoms with E-state index in [9.17, 15) is 22.4 Å². The van der Waals surface area contributed by atoms with E-state index in [1.54, 1.807) is 0 Å². The van der Waals surface area contributed by atoms with Crippen molar-refractivity contribution in [2.45, 2.75) is 10.4 Å². The highest BCUT2D eigenvalue weighted by atomic mass is 32.2. The molecule has 0 aromatic heterocycles. The van der Waals surface area contributed by atoms with Gasteiger partial charge in [-0.05, 0) is 23.9 Å². The van der Waals surface area contributed by atoms with Gasteiger partial charge in [0.25, 0.3) is 0 Å². The first-order chi connectivity index (χ1) is 8.30. The van der Waals surface area contributed by atoms with Crippen LogP contribution in [0.15, 0.2) is 17.0 Å². The van der Waals surface area contributed by atoms with Crippen LogP contribution in [0.2, 0.25) is 0 Å². The normalized spacial score (nSPS) is 10.9. The molecule has 1 aromatic rings. The first kappa shape index (κ1) is 14.3. The van der Waals surface area contributed by atoms with Gasteiger partial charge in [0.15, 0.2) is 0 Å². The second-order valence-electron chi connectivity index (χ2n) is 2.95. The topological polar surface area (TPSA) is 50.1 Å². The van der Waals surface area contributed by atoms with Crippen molar-refractivity contribution in [1.29, 1.82) is 5.26 Å². The number of methoxy groups -OCH3 is 1. The lowest BCUT2D eigenvalue weighted by molar-refractivity contribution is -0.0329. The van der Waals surface area contributed by atoms with Crippen LogP contribution in [0.3, 0.4) is 0 Å². The van der Waals surface area contributed by atoms with Crippen molar-refractivity contribution in [2.24, 2.45) is 0 Å². The summed E-state index contributed by atoms with van der Waals surface area (Å²) >= 11 is -0.785. The molecule has 1 aromatic carbocycles. The van der Waals surface area contributed by atoms with Crippen LogP contribution in [0, 0.1) is 17.1 Å². The maximum atomic E-state index is 13.3. The number of thioether (sulfide) groups is 1. The molecule has 0 unspecified atom stereocenters. The number of benzene rings is 1. The second-order valence-corrected chi connectivity index (χ2v) is 4.03. The summed E-state index contributed by atoms with van der Waals surface area (Å²) in [4.78, 5) is 10.3. The molecular weight excluding hydrogens is 274 g/mol. The van der Waals surface area contributed by atoms with Gasteiger partial charge in [-0.15, -0.1) is 0 Å². The molecule has 0 atom stereocenters. The molecule has 0 saturated heterocycles. The first-order valence-electron chi connectivity index (χ1n) is 4.36. The molecule has 0 fully saturated rings. The molecule has 8 heteroatoms. The molecular formula is C10H5F4NO2S. The van der Waals surface area contributed by atoms with Gasteiger partial charge in [0.2, 0.25) is 0 Å². The van der Waals surface area contributed by atoms with Gasteiger partial charge in [-0.3, -0.25) is 0 Å². The number of esters is 1. The number of hydrogen-bond donors (Lipinski definition) is 0. The fourth-order valence-electron chi connectivity index (χ4n) is 1.16. The third-order valence-corrected chi connectivity index (χ3v) is 2.68. The minimum atomic E-state index is -4.76. The van der Waals surface area contributed by atoms with Gasteiger partial charge in [0.1, 0.15) is 11.9 Å². The Bertz CT molecular complexity index is 522. The number of hydrogen-bond acceptors (Lipinski definition) is 4. The third kappa shape index (κ3) is 3.13. The SMILES string of the molecule is COC(=O)c1ccc(F)c(SC(F)(F)F)c1C#N. The van der Waals surface area contributed by atoms with Gasteiger partial charge in [0.05, 0.1) is 23.1 Å². The minimum Gasteiger partial charge on any atom is -0.465 e. The van der Waals surface area contributed by atoms with Crippen LogP contribution in [-0.4, -0.2) is 18.6 Å². The van der Waals surface area contributed by atoms with E-state index < -0.39 is 45.1 Å². The smallest absolute Gasteiger partial charge is 0.446 e. The fraction of sp³-hybridized carbons (Fsp3) is 0.200. The summed E-state index contributed by atoms with van der Waals surface area (Å²) in [6.45, 7) is 0. The molecule has 96 valence electrons. The van der Waals surface area contributed by atoms with Crippen molar-refractivity contribution >= 4 is 17.7 Å².